The lowest BCUT2D eigenvalue weighted by molar-refractivity contribution is -0.137. The topological polar surface area (TPSA) is 64.3 Å². The molecule has 0 aromatic carbocycles. The molecule has 80 valence electrons. The highest BCUT2D eigenvalue weighted by Crippen LogP contribution is 2.18. The molecule has 0 aromatic heterocycles. The van der Waals surface area contributed by atoms with Gasteiger partial charge in [0.25, 0.3) is 0 Å². The van der Waals surface area contributed by atoms with E-state index >= 15 is 0 Å². The van der Waals surface area contributed by atoms with Gasteiger partial charge in [0.2, 0.25) is 0 Å². The van der Waals surface area contributed by atoms with Gasteiger partial charge in [-0.2, -0.15) is 5.26 Å². The van der Waals surface area contributed by atoms with E-state index in [0.717, 1.165) is 13.0 Å². The van der Waals surface area contributed by atoms with E-state index in [1.165, 1.54) is 0 Å². The second kappa shape index (κ2) is 5.61. The normalized spacial score (nSPS) is 11.4. The van der Waals surface area contributed by atoms with E-state index in [4.69, 9.17) is 10.4 Å². The molecule has 1 N–H and O–H groups in total. The van der Waals surface area contributed by atoms with Gasteiger partial charge in [-0.25, -0.2) is 0 Å². The molecule has 0 atom stereocenters. The van der Waals surface area contributed by atoms with E-state index in [9.17, 15) is 4.79 Å². The fourth-order valence-electron chi connectivity index (χ4n) is 0.925. The van der Waals surface area contributed by atoms with Gasteiger partial charge >= 0.3 is 5.97 Å². The first kappa shape index (κ1) is 12.9. The molecule has 0 aliphatic rings. The first-order chi connectivity index (χ1) is 6.37. The Balaban J connectivity index is 3.70. The third-order valence-electron chi connectivity index (χ3n) is 2.13. The zero-order chi connectivity index (χ0) is 11.2. The summed E-state index contributed by atoms with van der Waals surface area (Å²) in [6.07, 6.45) is 0.920. The van der Waals surface area contributed by atoms with Crippen molar-refractivity contribution in [2.75, 3.05) is 20.1 Å². The van der Waals surface area contributed by atoms with Gasteiger partial charge in [-0.1, -0.05) is 0 Å². The molecule has 0 amide bonds. The van der Waals surface area contributed by atoms with Crippen LogP contribution in [0, 0.1) is 16.7 Å². The summed E-state index contributed by atoms with van der Waals surface area (Å²) in [6.45, 7) is 5.07. The van der Waals surface area contributed by atoms with Gasteiger partial charge in [-0.15, -0.1) is 0 Å². The molecule has 0 aromatic rings. The van der Waals surface area contributed by atoms with Crippen LogP contribution in [-0.2, 0) is 4.79 Å². The largest absolute Gasteiger partial charge is 0.481 e. The number of nitrogens with zero attached hydrogens (tertiary/aromatic N) is 2. The predicted molar refractivity (Wildman–Crippen MR) is 53.8 cm³/mol. The molecule has 0 fully saturated rings. The van der Waals surface area contributed by atoms with E-state index in [2.05, 4.69) is 6.07 Å². The summed E-state index contributed by atoms with van der Waals surface area (Å²) in [5.74, 6) is -0.781. The van der Waals surface area contributed by atoms with Crippen molar-refractivity contribution in [3.05, 3.63) is 0 Å². The molecule has 0 aliphatic carbocycles. The molecule has 0 unspecified atom stereocenters. The van der Waals surface area contributed by atoms with Crippen LogP contribution < -0.4 is 0 Å². The quantitative estimate of drug-likeness (QED) is 0.699. The maximum atomic E-state index is 10.3. The van der Waals surface area contributed by atoms with Crippen molar-refractivity contribution >= 4 is 5.97 Å². The molecule has 0 saturated heterocycles. The summed E-state index contributed by atoms with van der Waals surface area (Å²) in [7, 11) is 1.87. The van der Waals surface area contributed by atoms with Crippen LogP contribution in [-0.4, -0.2) is 36.1 Å². The number of nitriles is 1. The molecule has 0 rings (SSSR count). The van der Waals surface area contributed by atoms with Gasteiger partial charge in [0.1, 0.15) is 0 Å². The maximum absolute atomic E-state index is 10.3. The van der Waals surface area contributed by atoms with Crippen molar-refractivity contribution in [2.24, 2.45) is 5.41 Å². The zero-order valence-electron chi connectivity index (χ0n) is 9.08. The van der Waals surface area contributed by atoms with Crippen LogP contribution in [0.25, 0.3) is 0 Å². The minimum atomic E-state index is -0.781. The Morgan fingerprint density at radius 3 is 2.50 bits per heavy atom. The van der Waals surface area contributed by atoms with Crippen LogP contribution in [0.2, 0.25) is 0 Å². The minimum Gasteiger partial charge on any atom is -0.481 e. The number of rotatable bonds is 6. The van der Waals surface area contributed by atoms with Gasteiger partial charge in [0.15, 0.2) is 0 Å². The first-order valence-corrected chi connectivity index (χ1v) is 4.69. The number of carboxylic acid groups (broad SMARTS) is 1. The van der Waals surface area contributed by atoms with Crippen molar-refractivity contribution in [1.29, 1.82) is 5.26 Å². The van der Waals surface area contributed by atoms with Crippen LogP contribution in [0.4, 0.5) is 0 Å². The molecule has 0 saturated carbocycles. The number of hydrogen-bond acceptors (Lipinski definition) is 3. The minimum absolute atomic E-state index is 0.156. The highest BCUT2D eigenvalue weighted by molar-refractivity contribution is 5.66. The molecule has 0 aliphatic heterocycles. The Kier molecular flexibility index (Phi) is 5.18. The van der Waals surface area contributed by atoms with E-state index in [1.54, 1.807) is 0 Å². The van der Waals surface area contributed by atoms with Crippen molar-refractivity contribution in [3.8, 4) is 6.07 Å². The maximum Gasteiger partial charge on any atom is 0.304 e. The summed E-state index contributed by atoms with van der Waals surface area (Å²) in [6, 6.07) is 2.22. The molecule has 4 nitrogen and oxygen atoms in total. The fraction of sp³-hybridized carbons (Fsp3) is 0.800. The van der Waals surface area contributed by atoms with E-state index in [-0.39, 0.29) is 11.8 Å². The lowest BCUT2D eigenvalue weighted by Crippen LogP contribution is -2.26. The Morgan fingerprint density at radius 1 is 1.50 bits per heavy atom. The van der Waals surface area contributed by atoms with Crippen molar-refractivity contribution in [1.82, 2.24) is 4.90 Å². The van der Waals surface area contributed by atoms with Crippen molar-refractivity contribution < 1.29 is 9.90 Å². The first-order valence-electron chi connectivity index (χ1n) is 4.69. The van der Waals surface area contributed by atoms with Gasteiger partial charge in [0.05, 0.1) is 17.9 Å². The predicted octanol–water partition coefficient (Wildman–Crippen LogP) is 1.33. The molecule has 4 heteroatoms. The summed E-state index contributed by atoms with van der Waals surface area (Å²) in [5, 5.41) is 17.2. The van der Waals surface area contributed by atoms with Crippen LogP contribution in [0.15, 0.2) is 0 Å². The smallest absolute Gasteiger partial charge is 0.304 e. The molecule has 0 spiro atoms. The average Bonchev–Trinajstić information content (AvgIpc) is 2.11. The molecular formula is C10H18N2O2. The Hall–Kier alpha value is -1.08. The van der Waals surface area contributed by atoms with Crippen LogP contribution in [0.5, 0.6) is 0 Å². The summed E-state index contributed by atoms with van der Waals surface area (Å²) in [5.41, 5.74) is -0.322. The van der Waals surface area contributed by atoms with E-state index < -0.39 is 5.97 Å². The summed E-state index contributed by atoms with van der Waals surface area (Å²) >= 11 is 0. The van der Waals surface area contributed by atoms with E-state index in [1.807, 2.05) is 25.8 Å². The Bertz CT molecular complexity index is 231. The van der Waals surface area contributed by atoms with Crippen molar-refractivity contribution in [2.45, 2.75) is 26.7 Å². The van der Waals surface area contributed by atoms with Crippen LogP contribution in [0.3, 0.4) is 0 Å². The lowest BCUT2D eigenvalue weighted by atomic mass is 9.91. The van der Waals surface area contributed by atoms with Gasteiger partial charge in [0, 0.05) is 6.54 Å². The van der Waals surface area contributed by atoms with E-state index in [0.29, 0.717) is 6.54 Å². The summed E-state index contributed by atoms with van der Waals surface area (Å²) in [4.78, 5) is 12.2. The molecule has 14 heavy (non-hydrogen) atoms. The highest BCUT2D eigenvalue weighted by atomic mass is 16.4. The molecular weight excluding hydrogens is 180 g/mol. The Labute approximate surface area is 85.1 Å². The average molecular weight is 198 g/mol. The number of aliphatic carboxylic acids is 1. The molecule has 0 heterocycles. The van der Waals surface area contributed by atoms with Gasteiger partial charge in [-0.05, 0) is 33.9 Å². The lowest BCUT2D eigenvalue weighted by Gasteiger charge is -2.20. The fourth-order valence-corrected chi connectivity index (χ4v) is 0.925. The monoisotopic (exact) mass is 198 g/mol. The van der Waals surface area contributed by atoms with Crippen molar-refractivity contribution in [3.63, 3.8) is 0 Å². The number of carboxylic acids is 1. The number of carbonyl (C=O) groups is 1. The van der Waals surface area contributed by atoms with Gasteiger partial charge < -0.3 is 10.0 Å². The standard InChI is InChI=1S/C10H18N2O2/c1-10(2,8-11)5-7-12(3)6-4-9(13)14/h4-7H2,1-3H3,(H,13,14). The van der Waals surface area contributed by atoms with Crippen LogP contribution in [0.1, 0.15) is 26.7 Å². The number of hydrogen-bond donors (Lipinski definition) is 1. The third-order valence-corrected chi connectivity index (χ3v) is 2.13. The second-order valence-corrected chi connectivity index (χ2v) is 4.19. The molecule has 0 radical (unpaired) electrons. The molecule has 0 bridgehead atoms. The van der Waals surface area contributed by atoms with Crippen LogP contribution >= 0.6 is 0 Å². The zero-order valence-corrected chi connectivity index (χ0v) is 9.08. The van der Waals surface area contributed by atoms with Gasteiger partial charge in [-0.3, -0.25) is 4.79 Å². The Morgan fingerprint density at radius 2 is 2.07 bits per heavy atom. The highest BCUT2D eigenvalue weighted by Gasteiger charge is 2.17. The third kappa shape index (κ3) is 6.44. The summed E-state index contributed by atoms with van der Waals surface area (Å²) < 4.78 is 0. The second-order valence-electron chi connectivity index (χ2n) is 4.19. The SMILES string of the molecule is CN(CCC(=O)O)CCC(C)(C)C#N.